The minimum absolute atomic E-state index is 0.0649. The Labute approximate surface area is 79.6 Å². The fourth-order valence-corrected chi connectivity index (χ4v) is 3.59. The van der Waals surface area contributed by atoms with Crippen molar-refractivity contribution in [3.63, 3.8) is 0 Å². The molecule has 13 heavy (non-hydrogen) atoms. The van der Waals surface area contributed by atoms with Crippen LogP contribution in [0.15, 0.2) is 0 Å². The second-order valence-corrected chi connectivity index (χ2v) is 4.56. The van der Waals surface area contributed by atoms with Crippen molar-refractivity contribution in [2.24, 2.45) is 23.7 Å². The first-order chi connectivity index (χ1) is 6.27. The van der Waals surface area contributed by atoms with Crippen molar-refractivity contribution in [2.45, 2.75) is 38.7 Å². The first-order valence-electron chi connectivity index (χ1n) is 5.33. The first-order valence-corrected chi connectivity index (χ1v) is 5.33. The summed E-state index contributed by atoms with van der Waals surface area (Å²) in [5.41, 5.74) is 0. The van der Waals surface area contributed by atoms with Crippen LogP contribution in [-0.2, 0) is 0 Å². The van der Waals surface area contributed by atoms with Crippen molar-refractivity contribution in [2.75, 3.05) is 0 Å². The number of hydrogen-bond acceptors (Lipinski definition) is 2. The van der Waals surface area contributed by atoms with Gasteiger partial charge in [-0.25, -0.2) is 0 Å². The van der Waals surface area contributed by atoms with Crippen LogP contribution >= 0.6 is 0 Å². The number of nitrogens with zero attached hydrogens (tertiary/aromatic N) is 1. The van der Waals surface area contributed by atoms with Gasteiger partial charge in [-0.15, -0.1) is 0 Å². The Morgan fingerprint density at radius 2 is 2.15 bits per heavy atom. The molecule has 0 aromatic rings. The molecule has 2 aliphatic carbocycles. The molecule has 0 radical (unpaired) electrons. The lowest BCUT2D eigenvalue weighted by Gasteiger charge is -2.31. The van der Waals surface area contributed by atoms with E-state index in [2.05, 4.69) is 13.0 Å². The van der Waals surface area contributed by atoms with Gasteiger partial charge in [-0.1, -0.05) is 13.3 Å². The predicted molar refractivity (Wildman–Crippen MR) is 49.7 cm³/mol. The van der Waals surface area contributed by atoms with Crippen molar-refractivity contribution in [3.05, 3.63) is 0 Å². The lowest BCUT2D eigenvalue weighted by molar-refractivity contribution is 0.0523. The minimum atomic E-state index is -0.0649. The Bertz CT molecular complexity index is 233. The van der Waals surface area contributed by atoms with Gasteiger partial charge in [-0.05, 0) is 36.5 Å². The topological polar surface area (TPSA) is 44.0 Å². The number of aliphatic hydroxyl groups is 1. The third-order valence-electron chi connectivity index (χ3n) is 4.12. The second kappa shape index (κ2) is 3.31. The van der Waals surface area contributed by atoms with E-state index in [1.54, 1.807) is 0 Å². The number of aliphatic hydroxyl groups excluding tert-OH is 1. The summed E-state index contributed by atoms with van der Waals surface area (Å²) in [6.07, 6.45) is 3.89. The molecule has 5 atom stereocenters. The van der Waals surface area contributed by atoms with Gasteiger partial charge >= 0.3 is 0 Å². The van der Waals surface area contributed by atoms with E-state index in [9.17, 15) is 5.11 Å². The summed E-state index contributed by atoms with van der Waals surface area (Å²) in [5, 5.41) is 18.4. The van der Waals surface area contributed by atoms with Crippen LogP contribution in [-0.4, -0.2) is 11.2 Å². The minimum Gasteiger partial charge on any atom is -0.393 e. The van der Waals surface area contributed by atoms with E-state index < -0.39 is 0 Å². The monoisotopic (exact) mass is 179 g/mol. The third-order valence-corrected chi connectivity index (χ3v) is 4.12. The van der Waals surface area contributed by atoms with E-state index in [4.69, 9.17) is 5.26 Å². The molecule has 72 valence electrons. The molecule has 2 aliphatic rings. The van der Waals surface area contributed by atoms with E-state index in [0.29, 0.717) is 30.1 Å². The summed E-state index contributed by atoms with van der Waals surface area (Å²) in [7, 11) is 0. The maximum Gasteiger partial charge on any atom is 0.0624 e. The Morgan fingerprint density at radius 3 is 2.77 bits per heavy atom. The highest BCUT2D eigenvalue weighted by Gasteiger charge is 2.50. The number of rotatable bonds is 2. The zero-order chi connectivity index (χ0) is 9.42. The van der Waals surface area contributed by atoms with Gasteiger partial charge in [0.15, 0.2) is 0 Å². The molecule has 0 aliphatic heterocycles. The molecule has 5 unspecified atom stereocenters. The molecular weight excluding hydrogens is 162 g/mol. The van der Waals surface area contributed by atoms with Crippen LogP contribution in [0.1, 0.15) is 32.6 Å². The third kappa shape index (κ3) is 1.26. The standard InChI is InChI=1S/C11H17NO/c1-2-8-9(3-4-12)7-5-10(8)11(13)6-7/h7-11,13H,2-3,5-6H2,1H3. The van der Waals surface area contributed by atoms with Gasteiger partial charge in [0, 0.05) is 6.42 Å². The number of fused-ring (bicyclic) bond motifs is 2. The molecule has 0 aromatic carbocycles. The highest BCUT2D eigenvalue weighted by atomic mass is 16.3. The highest BCUT2D eigenvalue weighted by Crippen LogP contribution is 2.54. The van der Waals surface area contributed by atoms with E-state index in [-0.39, 0.29) is 6.10 Å². The predicted octanol–water partition coefficient (Wildman–Crippen LogP) is 1.94. The largest absolute Gasteiger partial charge is 0.393 e. The van der Waals surface area contributed by atoms with Gasteiger partial charge in [0.1, 0.15) is 0 Å². The normalized spacial score (nSPS) is 47.9. The fourth-order valence-electron chi connectivity index (χ4n) is 3.59. The zero-order valence-corrected chi connectivity index (χ0v) is 8.11. The molecule has 0 spiro atoms. The SMILES string of the molecule is CCC1C2CC(CC2O)C1CC#N. The molecule has 2 heteroatoms. The van der Waals surface area contributed by atoms with E-state index in [1.165, 1.54) is 6.42 Å². The van der Waals surface area contributed by atoms with Crippen LogP contribution in [0.4, 0.5) is 0 Å². The molecule has 0 amide bonds. The molecule has 2 fully saturated rings. The van der Waals surface area contributed by atoms with Gasteiger partial charge in [0.2, 0.25) is 0 Å². The molecule has 2 bridgehead atoms. The number of nitriles is 1. The van der Waals surface area contributed by atoms with Crippen molar-refractivity contribution >= 4 is 0 Å². The maximum absolute atomic E-state index is 9.72. The summed E-state index contributed by atoms with van der Waals surface area (Å²) in [4.78, 5) is 0. The average Bonchev–Trinajstić information content (AvgIpc) is 2.62. The van der Waals surface area contributed by atoms with Crippen LogP contribution in [0, 0.1) is 35.0 Å². The molecular formula is C11H17NO. The summed E-state index contributed by atoms with van der Waals surface area (Å²) >= 11 is 0. The van der Waals surface area contributed by atoms with Crippen LogP contribution in [0.2, 0.25) is 0 Å². The number of hydrogen-bond donors (Lipinski definition) is 1. The van der Waals surface area contributed by atoms with Crippen LogP contribution in [0.5, 0.6) is 0 Å². The van der Waals surface area contributed by atoms with E-state index in [0.717, 1.165) is 12.8 Å². The van der Waals surface area contributed by atoms with Gasteiger partial charge in [-0.3, -0.25) is 0 Å². The van der Waals surface area contributed by atoms with Crippen LogP contribution in [0.3, 0.4) is 0 Å². The average molecular weight is 179 g/mol. The van der Waals surface area contributed by atoms with Crippen LogP contribution in [0.25, 0.3) is 0 Å². The summed E-state index contributed by atoms with van der Waals surface area (Å²) in [6, 6.07) is 2.29. The smallest absolute Gasteiger partial charge is 0.0624 e. The summed E-state index contributed by atoms with van der Waals surface area (Å²) in [6.45, 7) is 2.18. The first kappa shape index (κ1) is 9.02. The Hall–Kier alpha value is -0.550. The van der Waals surface area contributed by atoms with Crippen LogP contribution < -0.4 is 0 Å². The lowest BCUT2D eigenvalue weighted by Crippen LogP contribution is -2.30. The molecule has 2 nitrogen and oxygen atoms in total. The lowest BCUT2D eigenvalue weighted by atomic mass is 9.75. The van der Waals surface area contributed by atoms with Gasteiger partial charge in [0.25, 0.3) is 0 Å². The van der Waals surface area contributed by atoms with Crippen molar-refractivity contribution in [1.82, 2.24) is 0 Å². The molecule has 2 saturated carbocycles. The maximum atomic E-state index is 9.72. The van der Waals surface area contributed by atoms with Gasteiger partial charge < -0.3 is 5.11 Å². The molecule has 1 N–H and O–H groups in total. The Balaban J connectivity index is 2.10. The van der Waals surface area contributed by atoms with Crippen molar-refractivity contribution < 1.29 is 5.11 Å². The molecule has 2 rings (SSSR count). The molecule has 0 aromatic heterocycles. The highest BCUT2D eigenvalue weighted by molar-refractivity contribution is 5.02. The van der Waals surface area contributed by atoms with Gasteiger partial charge in [-0.2, -0.15) is 5.26 Å². The summed E-state index contributed by atoms with van der Waals surface area (Å²) in [5.74, 6) is 2.36. The van der Waals surface area contributed by atoms with E-state index >= 15 is 0 Å². The zero-order valence-electron chi connectivity index (χ0n) is 8.11. The van der Waals surface area contributed by atoms with Crippen molar-refractivity contribution in [3.8, 4) is 6.07 Å². The Morgan fingerprint density at radius 1 is 1.38 bits per heavy atom. The Kier molecular flexibility index (Phi) is 2.29. The van der Waals surface area contributed by atoms with Crippen molar-refractivity contribution in [1.29, 1.82) is 5.26 Å². The second-order valence-electron chi connectivity index (χ2n) is 4.56. The molecule has 0 heterocycles. The van der Waals surface area contributed by atoms with Gasteiger partial charge in [0.05, 0.1) is 12.2 Å². The van der Waals surface area contributed by atoms with E-state index in [1.807, 2.05) is 0 Å². The fraction of sp³-hybridized carbons (Fsp3) is 0.909. The summed E-state index contributed by atoms with van der Waals surface area (Å²) < 4.78 is 0. The molecule has 0 saturated heterocycles. The quantitative estimate of drug-likeness (QED) is 0.704.